The van der Waals surface area contributed by atoms with Crippen molar-refractivity contribution in [3.8, 4) is 5.75 Å². The van der Waals surface area contributed by atoms with Gasteiger partial charge in [-0.15, -0.1) is 0 Å². The summed E-state index contributed by atoms with van der Waals surface area (Å²) < 4.78 is 10.2. The average Bonchev–Trinajstić information content (AvgIpc) is 3.27. The van der Waals surface area contributed by atoms with Crippen LogP contribution < -0.4 is 10.1 Å². The highest BCUT2D eigenvalue weighted by molar-refractivity contribution is 6.01. The molecule has 1 aromatic heterocycles. The van der Waals surface area contributed by atoms with Gasteiger partial charge in [0.2, 0.25) is 0 Å². The molecule has 172 valence electrons. The number of hydrogen-bond acceptors (Lipinski definition) is 4. The smallest absolute Gasteiger partial charge is 0.339 e. The van der Waals surface area contributed by atoms with Gasteiger partial charge in [-0.3, -0.25) is 0 Å². The Hall–Kier alpha value is -4.26. The standard InChI is InChI=1S/C27H25N3O4/c1-33-18-13-11-17(12-14-18)25-24-20(19-7-3-5-9-22(19)28-24)15-16-30(25)27(32)29-23-10-6-4-8-21(23)26(31)34-2/h3-14,25,28H,15-16H2,1-2H3,(H,29,32)/t25-/m1/s1. The zero-order chi connectivity index (χ0) is 23.7. The number of H-pyrrole nitrogens is 1. The fraction of sp³-hybridized carbons (Fsp3) is 0.185. The number of urea groups is 1. The molecule has 7 nitrogen and oxygen atoms in total. The zero-order valence-electron chi connectivity index (χ0n) is 19.0. The van der Waals surface area contributed by atoms with E-state index in [0.717, 1.165) is 28.9 Å². The number of carbonyl (C=O) groups is 2. The fourth-order valence-corrected chi connectivity index (χ4v) is 4.66. The van der Waals surface area contributed by atoms with Crippen molar-refractivity contribution in [2.45, 2.75) is 12.5 Å². The van der Waals surface area contributed by atoms with Crippen LogP contribution in [0.25, 0.3) is 10.9 Å². The summed E-state index contributed by atoms with van der Waals surface area (Å²) in [5.74, 6) is 0.249. The maximum absolute atomic E-state index is 13.6. The van der Waals surface area contributed by atoms with Gasteiger partial charge in [0.1, 0.15) is 5.75 Å². The highest BCUT2D eigenvalue weighted by Crippen LogP contribution is 2.39. The second-order valence-electron chi connectivity index (χ2n) is 8.15. The summed E-state index contributed by atoms with van der Waals surface area (Å²) in [5.41, 5.74) is 4.94. The molecule has 7 heteroatoms. The van der Waals surface area contributed by atoms with Crippen molar-refractivity contribution in [3.63, 3.8) is 0 Å². The highest BCUT2D eigenvalue weighted by atomic mass is 16.5. The molecule has 0 bridgehead atoms. The van der Waals surface area contributed by atoms with E-state index in [0.29, 0.717) is 17.8 Å². The number of benzene rings is 3. The number of para-hydroxylation sites is 2. The van der Waals surface area contributed by atoms with Crippen molar-refractivity contribution in [1.82, 2.24) is 9.88 Å². The summed E-state index contributed by atoms with van der Waals surface area (Å²) in [7, 11) is 2.95. The summed E-state index contributed by atoms with van der Waals surface area (Å²) in [6.45, 7) is 0.526. The quantitative estimate of drug-likeness (QED) is 0.417. The number of nitrogens with one attached hydrogen (secondary N) is 2. The lowest BCUT2D eigenvalue weighted by atomic mass is 9.92. The van der Waals surface area contributed by atoms with Crippen molar-refractivity contribution in [1.29, 1.82) is 0 Å². The summed E-state index contributed by atoms with van der Waals surface area (Å²) in [4.78, 5) is 31.1. The molecule has 3 aromatic carbocycles. The van der Waals surface area contributed by atoms with Crippen molar-refractivity contribution in [3.05, 3.63) is 95.2 Å². The van der Waals surface area contributed by atoms with Gasteiger partial charge in [0.15, 0.2) is 0 Å². The van der Waals surface area contributed by atoms with Gasteiger partial charge < -0.3 is 24.7 Å². The van der Waals surface area contributed by atoms with Gasteiger partial charge in [0.05, 0.1) is 31.5 Å². The zero-order valence-corrected chi connectivity index (χ0v) is 19.0. The lowest BCUT2D eigenvalue weighted by Crippen LogP contribution is -2.43. The number of methoxy groups -OCH3 is 2. The number of anilines is 1. The maximum Gasteiger partial charge on any atom is 0.339 e. The number of rotatable bonds is 4. The van der Waals surface area contributed by atoms with Crippen LogP contribution in [0.1, 0.15) is 33.2 Å². The van der Waals surface area contributed by atoms with Crippen LogP contribution in [0.4, 0.5) is 10.5 Å². The second kappa shape index (κ2) is 8.94. The number of amides is 2. The molecule has 2 heterocycles. The van der Waals surface area contributed by atoms with Gasteiger partial charge in [0, 0.05) is 23.1 Å². The Morgan fingerprint density at radius 3 is 2.47 bits per heavy atom. The van der Waals surface area contributed by atoms with E-state index in [1.807, 2.05) is 36.4 Å². The Balaban J connectivity index is 1.56. The highest BCUT2D eigenvalue weighted by Gasteiger charge is 2.35. The van der Waals surface area contributed by atoms with E-state index in [2.05, 4.69) is 22.4 Å². The minimum absolute atomic E-state index is 0.290. The van der Waals surface area contributed by atoms with E-state index >= 15 is 0 Å². The molecule has 2 amide bonds. The minimum Gasteiger partial charge on any atom is -0.497 e. The molecule has 0 unspecified atom stereocenters. The van der Waals surface area contributed by atoms with Crippen LogP contribution in [-0.4, -0.2) is 42.6 Å². The Labute approximate surface area is 197 Å². The first-order valence-corrected chi connectivity index (χ1v) is 11.1. The van der Waals surface area contributed by atoms with E-state index in [4.69, 9.17) is 9.47 Å². The fourth-order valence-electron chi connectivity index (χ4n) is 4.66. The van der Waals surface area contributed by atoms with Crippen molar-refractivity contribution >= 4 is 28.6 Å². The van der Waals surface area contributed by atoms with Crippen molar-refractivity contribution in [2.75, 3.05) is 26.1 Å². The van der Waals surface area contributed by atoms with E-state index < -0.39 is 5.97 Å². The monoisotopic (exact) mass is 455 g/mol. The molecule has 1 aliphatic heterocycles. The summed E-state index contributed by atoms with van der Waals surface area (Å²) in [6.07, 6.45) is 0.720. The number of esters is 1. The molecule has 1 aliphatic rings. The molecule has 0 radical (unpaired) electrons. The minimum atomic E-state index is -0.501. The predicted octanol–water partition coefficient (Wildman–Crippen LogP) is 5.14. The van der Waals surface area contributed by atoms with Gasteiger partial charge in [-0.2, -0.15) is 0 Å². The molecule has 1 atom stereocenters. The van der Waals surface area contributed by atoms with Crippen molar-refractivity contribution in [2.24, 2.45) is 0 Å². The largest absolute Gasteiger partial charge is 0.497 e. The average molecular weight is 456 g/mol. The van der Waals surface area contributed by atoms with Gasteiger partial charge >= 0.3 is 12.0 Å². The van der Waals surface area contributed by atoms with Crippen LogP contribution in [0.15, 0.2) is 72.8 Å². The first-order valence-electron chi connectivity index (χ1n) is 11.1. The van der Waals surface area contributed by atoms with E-state index in [-0.39, 0.29) is 12.1 Å². The number of nitrogens with zero attached hydrogens (tertiary/aromatic N) is 1. The van der Waals surface area contributed by atoms with Gasteiger partial charge in [0.25, 0.3) is 0 Å². The number of hydrogen-bond donors (Lipinski definition) is 2. The molecule has 0 saturated carbocycles. The lowest BCUT2D eigenvalue weighted by molar-refractivity contribution is 0.0602. The Morgan fingerprint density at radius 2 is 1.71 bits per heavy atom. The number of aromatic nitrogens is 1. The van der Waals surface area contributed by atoms with Gasteiger partial charge in [-0.05, 0) is 47.9 Å². The summed E-state index contributed by atoms with van der Waals surface area (Å²) in [6, 6.07) is 22.2. The van der Waals surface area contributed by atoms with Crippen LogP contribution in [-0.2, 0) is 11.2 Å². The molecule has 0 aliphatic carbocycles. The number of carbonyl (C=O) groups excluding carboxylic acids is 2. The normalized spacial score (nSPS) is 15.0. The van der Waals surface area contributed by atoms with Crippen molar-refractivity contribution < 1.29 is 19.1 Å². The molecule has 0 spiro atoms. The molecular formula is C27H25N3O4. The first-order chi connectivity index (χ1) is 16.6. The third-order valence-corrected chi connectivity index (χ3v) is 6.30. The number of aromatic amines is 1. The molecule has 34 heavy (non-hydrogen) atoms. The first kappa shape index (κ1) is 21.6. The Morgan fingerprint density at radius 1 is 0.971 bits per heavy atom. The van der Waals surface area contributed by atoms with Crippen LogP contribution in [0.5, 0.6) is 5.75 Å². The van der Waals surface area contributed by atoms with Crippen LogP contribution in [0.2, 0.25) is 0 Å². The molecular weight excluding hydrogens is 430 g/mol. The predicted molar refractivity (Wildman–Crippen MR) is 130 cm³/mol. The van der Waals surface area contributed by atoms with E-state index in [9.17, 15) is 9.59 Å². The Bertz CT molecular complexity index is 1360. The maximum atomic E-state index is 13.6. The lowest BCUT2D eigenvalue weighted by Gasteiger charge is -2.36. The van der Waals surface area contributed by atoms with Crippen LogP contribution >= 0.6 is 0 Å². The van der Waals surface area contributed by atoms with Gasteiger partial charge in [-0.25, -0.2) is 9.59 Å². The topological polar surface area (TPSA) is 83.7 Å². The molecule has 5 rings (SSSR count). The van der Waals surface area contributed by atoms with E-state index in [1.54, 1.807) is 36.3 Å². The number of ether oxygens (including phenoxy) is 2. The number of fused-ring (bicyclic) bond motifs is 3. The summed E-state index contributed by atoms with van der Waals surface area (Å²) >= 11 is 0. The third-order valence-electron chi connectivity index (χ3n) is 6.30. The molecule has 0 fully saturated rings. The second-order valence-corrected chi connectivity index (χ2v) is 8.15. The molecule has 0 saturated heterocycles. The molecule has 2 N–H and O–H groups in total. The Kier molecular flexibility index (Phi) is 5.67. The van der Waals surface area contributed by atoms with Gasteiger partial charge in [-0.1, -0.05) is 42.5 Å². The molecule has 4 aromatic rings. The SMILES string of the molecule is COC(=O)c1ccccc1NC(=O)N1CCc2c([nH]c3ccccc23)[C@H]1c1ccc(OC)cc1. The van der Waals surface area contributed by atoms with E-state index in [1.165, 1.54) is 18.1 Å². The van der Waals surface area contributed by atoms with Crippen LogP contribution in [0, 0.1) is 0 Å². The third kappa shape index (κ3) is 3.75. The van der Waals surface area contributed by atoms with Crippen LogP contribution in [0.3, 0.4) is 0 Å². The summed E-state index contributed by atoms with van der Waals surface area (Å²) in [5, 5.41) is 4.10.